The number of alkyl halides is 3. The van der Waals surface area contributed by atoms with Crippen LogP contribution in [-0.4, -0.2) is 42.6 Å². The fourth-order valence-electron chi connectivity index (χ4n) is 1.92. The molecule has 1 heterocycles. The molecule has 7 heteroatoms. The number of carbonyl (C=O) groups is 2. The van der Waals surface area contributed by atoms with E-state index in [4.69, 9.17) is 0 Å². The van der Waals surface area contributed by atoms with Gasteiger partial charge in [-0.3, -0.25) is 9.59 Å². The van der Waals surface area contributed by atoms with Gasteiger partial charge in [-0.1, -0.05) is 0 Å². The maximum atomic E-state index is 12.3. The Labute approximate surface area is 96.7 Å². The number of methoxy groups -OCH3 is 1. The van der Waals surface area contributed by atoms with Gasteiger partial charge in [0.05, 0.1) is 13.5 Å². The van der Waals surface area contributed by atoms with E-state index < -0.39 is 24.1 Å². The zero-order valence-corrected chi connectivity index (χ0v) is 9.42. The summed E-state index contributed by atoms with van der Waals surface area (Å²) in [5, 5.41) is 0. The number of piperidine rings is 1. The van der Waals surface area contributed by atoms with E-state index in [-0.39, 0.29) is 13.0 Å². The first kappa shape index (κ1) is 13.8. The van der Waals surface area contributed by atoms with E-state index in [2.05, 4.69) is 4.74 Å². The Bertz CT molecular complexity index is 304. The molecule has 0 aromatic carbocycles. The van der Waals surface area contributed by atoms with Crippen molar-refractivity contribution in [2.45, 2.75) is 37.9 Å². The number of ether oxygens (including phenoxy) is 1. The SMILES string of the molecule is COC(=O)CC1CCCCN1C(=O)C(F)(F)F. The molecule has 0 saturated carbocycles. The summed E-state index contributed by atoms with van der Waals surface area (Å²) in [6.45, 7) is 0.0417. The highest BCUT2D eigenvalue weighted by molar-refractivity contribution is 5.83. The van der Waals surface area contributed by atoms with Crippen molar-refractivity contribution in [3.63, 3.8) is 0 Å². The minimum atomic E-state index is -4.88. The first-order chi connectivity index (χ1) is 7.86. The van der Waals surface area contributed by atoms with Crippen LogP contribution >= 0.6 is 0 Å². The molecule has 98 valence electrons. The number of carbonyl (C=O) groups excluding carboxylic acids is 2. The molecular formula is C10H14F3NO3. The van der Waals surface area contributed by atoms with E-state index in [0.717, 1.165) is 4.90 Å². The molecule has 1 aliphatic rings. The standard InChI is InChI=1S/C10H14F3NO3/c1-17-8(15)6-7-4-2-3-5-14(7)9(16)10(11,12)13/h7H,2-6H2,1H3. The largest absolute Gasteiger partial charge is 0.471 e. The monoisotopic (exact) mass is 253 g/mol. The number of likely N-dealkylation sites (tertiary alicyclic amines) is 1. The van der Waals surface area contributed by atoms with Crippen molar-refractivity contribution in [2.75, 3.05) is 13.7 Å². The summed E-state index contributed by atoms with van der Waals surface area (Å²) in [7, 11) is 1.17. The van der Waals surface area contributed by atoms with Crippen molar-refractivity contribution < 1.29 is 27.5 Å². The maximum Gasteiger partial charge on any atom is 0.471 e. The molecule has 1 amide bonds. The lowest BCUT2D eigenvalue weighted by molar-refractivity contribution is -0.189. The third-order valence-electron chi connectivity index (χ3n) is 2.76. The van der Waals surface area contributed by atoms with E-state index in [0.29, 0.717) is 19.3 Å². The second kappa shape index (κ2) is 5.37. The second-order valence-corrected chi connectivity index (χ2v) is 3.93. The average Bonchev–Trinajstić information content (AvgIpc) is 2.27. The van der Waals surface area contributed by atoms with Gasteiger partial charge in [-0.15, -0.1) is 0 Å². The molecule has 17 heavy (non-hydrogen) atoms. The highest BCUT2D eigenvalue weighted by atomic mass is 19.4. The van der Waals surface area contributed by atoms with Crippen LogP contribution in [0.3, 0.4) is 0 Å². The third-order valence-corrected chi connectivity index (χ3v) is 2.76. The number of amides is 1. The predicted molar refractivity (Wildman–Crippen MR) is 52.0 cm³/mol. The summed E-state index contributed by atoms with van der Waals surface area (Å²) in [6, 6.07) is -0.703. The number of hydrogen-bond donors (Lipinski definition) is 0. The van der Waals surface area contributed by atoms with E-state index in [9.17, 15) is 22.8 Å². The van der Waals surface area contributed by atoms with Gasteiger partial charge in [0, 0.05) is 12.6 Å². The molecule has 0 aromatic heterocycles. The fraction of sp³-hybridized carbons (Fsp3) is 0.800. The number of halogens is 3. The van der Waals surface area contributed by atoms with Crippen molar-refractivity contribution in [1.29, 1.82) is 0 Å². The van der Waals surface area contributed by atoms with Crippen molar-refractivity contribution >= 4 is 11.9 Å². The Kier molecular flexibility index (Phi) is 4.36. The summed E-state index contributed by atoms with van der Waals surface area (Å²) < 4.78 is 41.4. The molecule has 0 bridgehead atoms. The summed E-state index contributed by atoms with van der Waals surface area (Å²) in [4.78, 5) is 22.9. The quantitative estimate of drug-likeness (QED) is 0.700. The Morgan fingerprint density at radius 1 is 1.35 bits per heavy atom. The Hall–Kier alpha value is -1.27. The molecule has 1 atom stereocenters. The fourth-order valence-corrected chi connectivity index (χ4v) is 1.92. The summed E-state index contributed by atoms with van der Waals surface area (Å²) in [6.07, 6.45) is -3.43. The van der Waals surface area contributed by atoms with Crippen LogP contribution in [0.5, 0.6) is 0 Å². The highest BCUT2D eigenvalue weighted by Gasteiger charge is 2.45. The topological polar surface area (TPSA) is 46.6 Å². The van der Waals surface area contributed by atoms with Gasteiger partial charge in [0.1, 0.15) is 0 Å². The summed E-state index contributed by atoms with van der Waals surface area (Å²) >= 11 is 0. The molecule has 1 aliphatic heterocycles. The predicted octanol–water partition coefficient (Wildman–Crippen LogP) is 1.49. The van der Waals surface area contributed by atoms with Gasteiger partial charge in [0.25, 0.3) is 0 Å². The van der Waals surface area contributed by atoms with Crippen molar-refractivity contribution in [1.82, 2.24) is 4.90 Å². The Morgan fingerprint density at radius 3 is 2.53 bits per heavy atom. The molecule has 0 spiro atoms. The number of rotatable bonds is 2. The van der Waals surface area contributed by atoms with E-state index in [1.54, 1.807) is 0 Å². The zero-order chi connectivity index (χ0) is 13.1. The molecular weight excluding hydrogens is 239 g/mol. The molecule has 0 radical (unpaired) electrons. The Morgan fingerprint density at radius 2 is 2.00 bits per heavy atom. The minimum absolute atomic E-state index is 0.0417. The van der Waals surface area contributed by atoms with Crippen LogP contribution in [0.25, 0.3) is 0 Å². The van der Waals surface area contributed by atoms with Gasteiger partial charge < -0.3 is 9.64 Å². The lowest BCUT2D eigenvalue weighted by Crippen LogP contribution is -2.50. The lowest BCUT2D eigenvalue weighted by Gasteiger charge is -2.35. The van der Waals surface area contributed by atoms with E-state index in [1.165, 1.54) is 7.11 Å². The van der Waals surface area contributed by atoms with Crippen LogP contribution < -0.4 is 0 Å². The molecule has 1 unspecified atom stereocenters. The maximum absolute atomic E-state index is 12.3. The van der Waals surface area contributed by atoms with Crippen LogP contribution in [0, 0.1) is 0 Å². The molecule has 0 aliphatic carbocycles. The van der Waals surface area contributed by atoms with Crippen LogP contribution in [0.4, 0.5) is 13.2 Å². The van der Waals surface area contributed by atoms with Crippen LogP contribution in [0.2, 0.25) is 0 Å². The number of hydrogen-bond acceptors (Lipinski definition) is 3. The molecule has 0 aromatic rings. The molecule has 1 saturated heterocycles. The highest BCUT2D eigenvalue weighted by Crippen LogP contribution is 2.26. The summed E-state index contributed by atoms with van der Waals surface area (Å²) in [5.41, 5.74) is 0. The van der Waals surface area contributed by atoms with Crippen molar-refractivity contribution in [3.8, 4) is 0 Å². The van der Waals surface area contributed by atoms with Crippen LogP contribution in [0.1, 0.15) is 25.7 Å². The van der Waals surface area contributed by atoms with E-state index >= 15 is 0 Å². The lowest BCUT2D eigenvalue weighted by atomic mass is 9.99. The number of esters is 1. The van der Waals surface area contributed by atoms with Crippen molar-refractivity contribution in [3.05, 3.63) is 0 Å². The molecule has 1 fully saturated rings. The van der Waals surface area contributed by atoms with Crippen LogP contribution in [0.15, 0.2) is 0 Å². The molecule has 4 nitrogen and oxygen atoms in total. The first-order valence-corrected chi connectivity index (χ1v) is 5.31. The smallest absolute Gasteiger partial charge is 0.469 e. The third kappa shape index (κ3) is 3.61. The minimum Gasteiger partial charge on any atom is -0.469 e. The van der Waals surface area contributed by atoms with Crippen molar-refractivity contribution in [2.24, 2.45) is 0 Å². The van der Waals surface area contributed by atoms with Gasteiger partial charge in [0.15, 0.2) is 0 Å². The molecule has 0 N–H and O–H groups in total. The van der Waals surface area contributed by atoms with Gasteiger partial charge >= 0.3 is 18.1 Å². The van der Waals surface area contributed by atoms with Crippen LogP contribution in [-0.2, 0) is 14.3 Å². The molecule has 1 rings (SSSR count). The van der Waals surface area contributed by atoms with Gasteiger partial charge in [0.2, 0.25) is 0 Å². The average molecular weight is 253 g/mol. The summed E-state index contributed by atoms with van der Waals surface area (Å²) in [5.74, 6) is -2.47. The zero-order valence-electron chi connectivity index (χ0n) is 9.42. The second-order valence-electron chi connectivity index (χ2n) is 3.93. The van der Waals surface area contributed by atoms with Gasteiger partial charge in [-0.25, -0.2) is 0 Å². The normalized spacial score (nSPS) is 21.2. The van der Waals surface area contributed by atoms with E-state index in [1.807, 2.05) is 0 Å². The van der Waals surface area contributed by atoms with Gasteiger partial charge in [-0.05, 0) is 19.3 Å². The first-order valence-electron chi connectivity index (χ1n) is 5.31. The van der Waals surface area contributed by atoms with Gasteiger partial charge in [-0.2, -0.15) is 13.2 Å². The Balaban J connectivity index is 2.72. The number of nitrogens with zero attached hydrogens (tertiary/aromatic N) is 1.